The van der Waals surface area contributed by atoms with Crippen LogP contribution in [0.2, 0.25) is 0 Å². The van der Waals surface area contributed by atoms with Crippen LogP contribution in [0.1, 0.15) is 32.0 Å². The minimum atomic E-state index is -0.105. The summed E-state index contributed by atoms with van der Waals surface area (Å²) >= 11 is 0. The normalized spacial score (nSPS) is 20.9. The molecule has 1 aromatic carbocycles. The van der Waals surface area contributed by atoms with Crippen molar-refractivity contribution < 1.29 is 9.53 Å². The molecule has 2 atom stereocenters. The number of aromatic nitrogens is 2. The minimum Gasteiger partial charge on any atom is -0.378 e. The van der Waals surface area contributed by atoms with Crippen LogP contribution >= 0.6 is 0 Å². The fraction of sp³-hybridized carbons (Fsp3) is 0.556. The molecule has 2 aromatic rings. The molecule has 0 aliphatic carbocycles. The zero-order chi connectivity index (χ0) is 16.8. The van der Waals surface area contributed by atoms with Gasteiger partial charge in [-0.3, -0.25) is 0 Å². The number of rotatable bonds is 6. The van der Waals surface area contributed by atoms with Crippen LogP contribution in [0.15, 0.2) is 24.3 Å². The van der Waals surface area contributed by atoms with Crippen LogP contribution in [-0.2, 0) is 11.2 Å². The smallest absolute Gasteiger partial charge is 0.314 e. The first kappa shape index (κ1) is 16.8. The highest BCUT2D eigenvalue weighted by atomic mass is 16.5. The maximum absolute atomic E-state index is 11.8. The van der Waals surface area contributed by atoms with E-state index in [1.807, 2.05) is 24.3 Å². The van der Waals surface area contributed by atoms with Crippen molar-refractivity contribution in [2.24, 2.45) is 5.92 Å². The molecule has 0 spiro atoms. The Balaban J connectivity index is 1.32. The average Bonchev–Trinajstić information content (AvgIpc) is 2.97. The number of hydrogen-bond donors (Lipinski definition) is 3. The molecule has 1 aromatic heterocycles. The first-order valence-corrected chi connectivity index (χ1v) is 8.77. The Morgan fingerprint density at radius 2 is 2.17 bits per heavy atom. The second-order valence-corrected chi connectivity index (χ2v) is 6.49. The number of benzene rings is 1. The van der Waals surface area contributed by atoms with Gasteiger partial charge in [0.1, 0.15) is 5.82 Å². The zero-order valence-electron chi connectivity index (χ0n) is 14.2. The monoisotopic (exact) mass is 330 g/mol. The molecule has 6 heteroatoms. The summed E-state index contributed by atoms with van der Waals surface area (Å²) in [6.07, 6.45) is 4.25. The van der Waals surface area contributed by atoms with Gasteiger partial charge in [-0.05, 0) is 44.2 Å². The molecule has 0 unspecified atom stereocenters. The van der Waals surface area contributed by atoms with Crippen molar-refractivity contribution in [3.05, 3.63) is 30.1 Å². The van der Waals surface area contributed by atoms with Crippen LogP contribution in [0.5, 0.6) is 0 Å². The standard InChI is InChI=1S/C18H26N4O2/c1-13-12-14(8-11-24-13)6-9-19-18(23)20-10-7-17-21-15-4-2-3-5-16(15)22-17/h2-5,13-14H,6-12H2,1H3,(H,21,22)(H2,19,20,23)/t13-,14-/m1/s1. The Hall–Kier alpha value is -2.08. The number of carbonyl (C=O) groups is 1. The third-order valence-electron chi connectivity index (χ3n) is 4.52. The van der Waals surface area contributed by atoms with E-state index < -0.39 is 0 Å². The van der Waals surface area contributed by atoms with E-state index in [1.165, 1.54) is 0 Å². The molecule has 1 fully saturated rings. The van der Waals surface area contributed by atoms with Gasteiger partial charge in [0.2, 0.25) is 0 Å². The van der Waals surface area contributed by atoms with Crippen LogP contribution in [0.25, 0.3) is 11.0 Å². The number of imidazole rings is 1. The molecule has 24 heavy (non-hydrogen) atoms. The number of ether oxygens (including phenoxy) is 1. The average molecular weight is 330 g/mol. The third-order valence-corrected chi connectivity index (χ3v) is 4.52. The minimum absolute atomic E-state index is 0.105. The van der Waals surface area contributed by atoms with Crippen LogP contribution in [0.3, 0.4) is 0 Å². The van der Waals surface area contributed by atoms with Crippen molar-refractivity contribution in [2.45, 2.75) is 38.7 Å². The van der Waals surface area contributed by atoms with Gasteiger partial charge in [-0.2, -0.15) is 0 Å². The molecule has 0 radical (unpaired) electrons. The molecule has 1 aliphatic rings. The van der Waals surface area contributed by atoms with Gasteiger partial charge < -0.3 is 20.4 Å². The van der Waals surface area contributed by atoms with E-state index in [4.69, 9.17) is 4.74 Å². The Morgan fingerprint density at radius 3 is 3.00 bits per heavy atom. The zero-order valence-corrected chi connectivity index (χ0v) is 14.2. The van der Waals surface area contributed by atoms with Gasteiger partial charge in [0.05, 0.1) is 17.1 Å². The first-order valence-electron chi connectivity index (χ1n) is 8.77. The SMILES string of the molecule is C[C@@H]1C[C@H](CCNC(=O)NCCc2nc3ccccc3[nH]2)CCO1. The highest BCUT2D eigenvalue weighted by molar-refractivity contribution is 5.75. The van der Waals surface area contributed by atoms with Crippen LogP contribution in [0, 0.1) is 5.92 Å². The molecule has 1 aliphatic heterocycles. The fourth-order valence-corrected chi connectivity index (χ4v) is 3.22. The van der Waals surface area contributed by atoms with Gasteiger partial charge in [0, 0.05) is 26.1 Å². The van der Waals surface area contributed by atoms with E-state index in [2.05, 4.69) is 27.5 Å². The van der Waals surface area contributed by atoms with Crippen LogP contribution in [-0.4, -0.2) is 41.8 Å². The van der Waals surface area contributed by atoms with E-state index in [0.717, 1.165) is 42.7 Å². The summed E-state index contributed by atoms with van der Waals surface area (Å²) in [7, 11) is 0. The predicted octanol–water partition coefficient (Wildman–Crippen LogP) is 2.61. The van der Waals surface area contributed by atoms with E-state index >= 15 is 0 Å². The number of nitrogens with one attached hydrogen (secondary N) is 3. The molecule has 0 bridgehead atoms. The molecule has 2 heterocycles. The number of hydrogen-bond acceptors (Lipinski definition) is 3. The summed E-state index contributed by atoms with van der Waals surface area (Å²) in [4.78, 5) is 19.6. The Bertz CT molecular complexity index is 637. The quantitative estimate of drug-likeness (QED) is 0.762. The summed E-state index contributed by atoms with van der Waals surface area (Å²) in [5, 5.41) is 5.82. The van der Waals surface area contributed by atoms with Gasteiger partial charge in [-0.15, -0.1) is 0 Å². The number of H-pyrrole nitrogens is 1. The van der Waals surface area contributed by atoms with Crippen molar-refractivity contribution in [1.29, 1.82) is 0 Å². The predicted molar refractivity (Wildman–Crippen MR) is 94.0 cm³/mol. The number of nitrogens with zero attached hydrogens (tertiary/aromatic N) is 1. The maximum Gasteiger partial charge on any atom is 0.314 e. The van der Waals surface area contributed by atoms with E-state index in [0.29, 0.717) is 31.5 Å². The lowest BCUT2D eigenvalue weighted by Crippen LogP contribution is -2.38. The molecular formula is C18H26N4O2. The molecule has 3 N–H and O–H groups in total. The topological polar surface area (TPSA) is 79.0 Å². The number of fused-ring (bicyclic) bond motifs is 1. The van der Waals surface area contributed by atoms with Gasteiger partial charge in [0.25, 0.3) is 0 Å². The van der Waals surface area contributed by atoms with E-state index in [9.17, 15) is 4.79 Å². The van der Waals surface area contributed by atoms with Gasteiger partial charge in [0.15, 0.2) is 0 Å². The summed E-state index contributed by atoms with van der Waals surface area (Å²) < 4.78 is 5.54. The fourth-order valence-electron chi connectivity index (χ4n) is 3.22. The number of urea groups is 1. The summed E-state index contributed by atoms with van der Waals surface area (Å²) in [5.74, 6) is 1.55. The molecule has 3 rings (SSSR count). The van der Waals surface area contributed by atoms with Crippen molar-refractivity contribution in [1.82, 2.24) is 20.6 Å². The lowest BCUT2D eigenvalue weighted by Gasteiger charge is -2.27. The first-order chi connectivity index (χ1) is 11.7. The number of aromatic amines is 1. The summed E-state index contributed by atoms with van der Waals surface area (Å²) in [5.41, 5.74) is 1.99. The molecule has 130 valence electrons. The van der Waals surface area contributed by atoms with Crippen molar-refractivity contribution in [3.63, 3.8) is 0 Å². The Morgan fingerprint density at radius 1 is 1.33 bits per heavy atom. The summed E-state index contributed by atoms with van der Waals surface area (Å²) in [6.45, 7) is 4.24. The van der Waals surface area contributed by atoms with E-state index in [1.54, 1.807) is 0 Å². The number of amides is 2. The molecule has 1 saturated heterocycles. The molecule has 6 nitrogen and oxygen atoms in total. The Kier molecular flexibility index (Phi) is 5.69. The number of carbonyl (C=O) groups excluding carboxylic acids is 1. The second-order valence-electron chi connectivity index (χ2n) is 6.49. The highest BCUT2D eigenvalue weighted by Gasteiger charge is 2.18. The molecule has 2 amide bonds. The van der Waals surface area contributed by atoms with Crippen LogP contribution in [0.4, 0.5) is 4.79 Å². The van der Waals surface area contributed by atoms with Gasteiger partial charge >= 0.3 is 6.03 Å². The van der Waals surface area contributed by atoms with Gasteiger partial charge in [-0.1, -0.05) is 12.1 Å². The summed E-state index contributed by atoms with van der Waals surface area (Å²) in [6, 6.07) is 7.83. The van der Waals surface area contributed by atoms with Crippen molar-refractivity contribution >= 4 is 17.1 Å². The molecular weight excluding hydrogens is 304 g/mol. The van der Waals surface area contributed by atoms with E-state index in [-0.39, 0.29) is 6.03 Å². The maximum atomic E-state index is 11.8. The third kappa shape index (κ3) is 4.71. The highest BCUT2D eigenvalue weighted by Crippen LogP contribution is 2.22. The largest absolute Gasteiger partial charge is 0.378 e. The van der Waals surface area contributed by atoms with Gasteiger partial charge in [-0.25, -0.2) is 9.78 Å². The number of para-hydroxylation sites is 2. The van der Waals surface area contributed by atoms with Crippen molar-refractivity contribution in [3.8, 4) is 0 Å². The lowest BCUT2D eigenvalue weighted by molar-refractivity contribution is 0.00117. The molecule has 0 saturated carbocycles. The van der Waals surface area contributed by atoms with Crippen LogP contribution < -0.4 is 10.6 Å². The lowest BCUT2D eigenvalue weighted by atomic mass is 9.93. The van der Waals surface area contributed by atoms with Crippen molar-refractivity contribution in [2.75, 3.05) is 19.7 Å². The Labute approximate surface area is 142 Å². The second kappa shape index (κ2) is 8.15.